The molecule has 102 valence electrons. The second-order valence-corrected chi connectivity index (χ2v) is 5.83. The topological polar surface area (TPSA) is 23.5 Å². The number of aryl methyl sites for hydroxylation is 1. The fraction of sp³-hybridized carbons (Fsp3) is 0.600. The first-order chi connectivity index (χ1) is 8.31. The SMILES string of the molecule is CCC(C)(C(O)Cc1ccc(C)cc1Cl)N(C)C. The number of hydrogen-bond acceptors (Lipinski definition) is 2. The maximum absolute atomic E-state index is 10.5. The van der Waals surface area contributed by atoms with Crippen molar-refractivity contribution in [2.45, 2.75) is 45.3 Å². The lowest BCUT2D eigenvalue weighted by atomic mass is 9.86. The van der Waals surface area contributed by atoms with Gasteiger partial charge >= 0.3 is 0 Å². The summed E-state index contributed by atoms with van der Waals surface area (Å²) in [5.74, 6) is 0. The Balaban J connectivity index is 2.89. The Morgan fingerprint density at radius 1 is 1.39 bits per heavy atom. The highest BCUT2D eigenvalue weighted by Gasteiger charge is 2.33. The second-order valence-electron chi connectivity index (χ2n) is 5.42. The molecule has 0 aliphatic heterocycles. The van der Waals surface area contributed by atoms with Crippen LogP contribution in [0.4, 0.5) is 0 Å². The minimum atomic E-state index is -0.433. The van der Waals surface area contributed by atoms with Crippen LogP contribution in [-0.4, -0.2) is 35.7 Å². The average molecular weight is 270 g/mol. The number of halogens is 1. The molecule has 0 aliphatic carbocycles. The summed E-state index contributed by atoms with van der Waals surface area (Å²) >= 11 is 6.22. The van der Waals surface area contributed by atoms with Gasteiger partial charge in [0.2, 0.25) is 0 Å². The molecule has 0 bridgehead atoms. The van der Waals surface area contributed by atoms with Gasteiger partial charge in [-0.3, -0.25) is 0 Å². The van der Waals surface area contributed by atoms with Gasteiger partial charge < -0.3 is 10.0 Å². The molecule has 1 aromatic carbocycles. The molecule has 0 amide bonds. The van der Waals surface area contributed by atoms with Crippen LogP contribution in [0.1, 0.15) is 31.4 Å². The van der Waals surface area contributed by atoms with Crippen LogP contribution in [-0.2, 0) is 6.42 Å². The molecule has 0 radical (unpaired) electrons. The molecule has 0 aromatic heterocycles. The largest absolute Gasteiger partial charge is 0.391 e. The van der Waals surface area contributed by atoms with E-state index in [9.17, 15) is 5.11 Å². The molecule has 2 unspecified atom stereocenters. The van der Waals surface area contributed by atoms with Crippen molar-refractivity contribution >= 4 is 11.6 Å². The number of benzene rings is 1. The number of aliphatic hydroxyl groups excluding tert-OH is 1. The smallest absolute Gasteiger partial charge is 0.0761 e. The number of hydrogen-bond donors (Lipinski definition) is 1. The van der Waals surface area contributed by atoms with E-state index in [1.165, 1.54) is 0 Å². The van der Waals surface area contributed by atoms with E-state index in [-0.39, 0.29) is 5.54 Å². The first kappa shape index (κ1) is 15.5. The normalized spacial score (nSPS) is 16.7. The van der Waals surface area contributed by atoms with Crippen molar-refractivity contribution in [3.05, 3.63) is 34.3 Å². The molecule has 0 aliphatic rings. The van der Waals surface area contributed by atoms with Gasteiger partial charge in [0.15, 0.2) is 0 Å². The molecular formula is C15H24ClNO. The Bertz CT molecular complexity index is 405. The van der Waals surface area contributed by atoms with Crippen molar-refractivity contribution in [1.29, 1.82) is 0 Å². The zero-order valence-corrected chi connectivity index (χ0v) is 12.8. The molecule has 0 saturated heterocycles. The molecule has 0 saturated carbocycles. The summed E-state index contributed by atoms with van der Waals surface area (Å²) in [6, 6.07) is 5.99. The first-order valence-electron chi connectivity index (χ1n) is 6.41. The highest BCUT2D eigenvalue weighted by molar-refractivity contribution is 6.31. The van der Waals surface area contributed by atoms with E-state index in [0.717, 1.165) is 22.6 Å². The van der Waals surface area contributed by atoms with Gasteiger partial charge in [-0.1, -0.05) is 30.7 Å². The number of aliphatic hydroxyl groups is 1. The van der Waals surface area contributed by atoms with Crippen molar-refractivity contribution in [3.63, 3.8) is 0 Å². The van der Waals surface area contributed by atoms with Crippen LogP contribution in [0, 0.1) is 6.92 Å². The Morgan fingerprint density at radius 3 is 2.44 bits per heavy atom. The van der Waals surface area contributed by atoms with Gasteiger partial charge in [-0.15, -0.1) is 0 Å². The molecule has 0 heterocycles. The van der Waals surface area contributed by atoms with Crippen LogP contribution in [0.15, 0.2) is 18.2 Å². The summed E-state index contributed by atoms with van der Waals surface area (Å²) in [7, 11) is 4.01. The van der Waals surface area contributed by atoms with Crippen molar-refractivity contribution in [3.8, 4) is 0 Å². The van der Waals surface area contributed by atoms with Gasteiger partial charge in [0.05, 0.1) is 6.10 Å². The molecule has 3 heteroatoms. The van der Waals surface area contributed by atoms with Crippen molar-refractivity contribution in [2.24, 2.45) is 0 Å². The second kappa shape index (κ2) is 6.05. The molecular weight excluding hydrogens is 246 g/mol. The van der Waals surface area contributed by atoms with Gasteiger partial charge in [-0.05, 0) is 51.6 Å². The molecule has 1 aromatic rings. The van der Waals surface area contributed by atoms with Crippen LogP contribution in [0.25, 0.3) is 0 Å². The molecule has 0 spiro atoms. The number of likely N-dealkylation sites (N-methyl/N-ethyl adjacent to an activating group) is 1. The van der Waals surface area contributed by atoms with Crippen molar-refractivity contribution < 1.29 is 5.11 Å². The number of rotatable bonds is 5. The van der Waals surface area contributed by atoms with Crippen molar-refractivity contribution in [1.82, 2.24) is 4.90 Å². The minimum absolute atomic E-state index is 0.228. The van der Waals surface area contributed by atoms with E-state index in [2.05, 4.69) is 18.7 Å². The van der Waals surface area contributed by atoms with Crippen LogP contribution in [0.3, 0.4) is 0 Å². The van der Waals surface area contributed by atoms with E-state index in [1.807, 2.05) is 39.2 Å². The summed E-state index contributed by atoms with van der Waals surface area (Å²) in [5.41, 5.74) is 1.93. The third-order valence-electron chi connectivity index (χ3n) is 4.08. The number of nitrogens with zero attached hydrogens (tertiary/aromatic N) is 1. The summed E-state index contributed by atoms with van der Waals surface area (Å²) < 4.78 is 0. The standard InChI is InChI=1S/C15H24ClNO/c1-6-15(3,17(4)5)14(18)10-12-8-7-11(2)9-13(12)16/h7-9,14,18H,6,10H2,1-5H3. The van der Waals surface area contributed by atoms with Crippen LogP contribution in [0.5, 0.6) is 0 Å². The average Bonchev–Trinajstić information content (AvgIpc) is 2.31. The molecule has 1 rings (SSSR count). The van der Waals surface area contributed by atoms with Crippen molar-refractivity contribution in [2.75, 3.05) is 14.1 Å². The lowest BCUT2D eigenvalue weighted by Crippen LogP contribution is -2.51. The Morgan fingerprint density at radius 2 is 2.00 bits per heavy atom. The maximum Gasteiger partial charge on any atom is 0.0761 e. The van der Waals surface area contributed by atoms with Gasteiger partial charge in [-0.25, -0.2) is 0 Å². The van der Waals surface area contributed by atoms with Gasteiger partial charge in [0.25, 0.3) is 0 Å². The Hall–Kier alpha value is -0.570. The lowest BCUT2D eigenvalue weighted by molar-refractivity contribution is 0.00302. The van der Waals surface area contributed by atoms with E-state index in [0.29, 0.717) is 6.42 Å². The highest BCUT2D eigenvalue weighted by atomic mass is 35.5. The predicted molar refractivity (Wildman–Crippen MR) is 78.3 cm³/mol. The van der Waals surface area contributed by atoms with Gasteiger partial charge in [-0.2, -0.15) is 0 Å². The molecule has 18 heavy (non-hydrogen) atoms. The molecule has 2 atom stereocenters. The van der Waals surface area contributed by atoms with Gasteiger partial charge in [0, 0.05) is 17.0 Å². The minimum Gasteiger partial charge on any atom is -0.391 e. The molecule has 2 nitrogen and oxygen atoms in total. The maximum atomic E-state index is 10.5. The van der Waals surface area contributed by atoms with E-state index < -0.39 is 6.10 Å². The van der Waals surface area contributed by atoms with Gasteiger partial charge in [0.1, 0.15) is 0 Å². The summed E-state index contributed by atoms with van der Waals surface area (Å²) in [6.45, 7) is 6.20. The highest BCUT2D eigenvalue weighted by Crippen LogP contribution is 2.26. The predicted octanol–water partition coefficient (Wildman–Crippen LogP) is 3.28. The van der Waals surface area contributed by atoms with E-state index >= 15 is 0 Å². The Kier molecular flexibility index (Phi) is 5.20. The lowest BCUT2D eigenvalue weighted by Gasteiger charge is -2.40. The summed E-state index contributed by atoms with van der Waals surface area (Å²) in [4.78, 5) is 2.08. The zero-order valence-electron chi connectivity index (χ0n) is 12.0. The third-order valence-corrected chi connectivity index (χ3v) is 4.43. The first-order valence-corrected chi connectivity index (χ1v) is 6.79. The summed E-state index contributed by atoms with van der Waals surface area (Å²) in [6.07, 6.45) is 1.05. The van der Waals surface area contributed by atoms with Crippen LogP contribution < -0.4 is 0 Å². The quantitative estimate of drug-likeness (QED) is 0.887. The van der Waals surface area contributed by atoms with Crippen LogP contribution >= 0.6 is 11.6 Å². The van der Waals surface area contributed by atoms with E-state index in [4.69, 9.17) is 11.6 Å². The fourth-order valence-corrected chi connectivity index (χ4v) is 2.41. The fourth-order valence-electron chi connectivity index (χ4n) is 2.10. The van der Waals surface area contributed by atoms with E-state index in [1.54, 1.807) is 0 Å². The Labute approximate surface area is 116 Å². The molecule has 0 fully saturated rings. The third kappa shape index (κ3) is 3.25. The zero-order chi connectivity index (χ0) is 13.9. The monoisotopic (exact) mass is 269 g/mol. The van der Waals surface area contributed by atoms with Crippen LogP contribution in [0.2, 0.25) is 5.02 Å². The molecule has 1 N–H and O–H groups in total. The summed E-state index contributed by atoms with van der Waals surface area (Å²) in [5, 5.41) is 11.2.